The van der Waals surface area contributed by atoms with Gasteiger partial charge < -0.3 is 15.0 Å². The summed E-state index contributed by atoms with van der Waals surface area (Å²) in [7, 11) is 1.89. The zero-order chi connectivity index (χ0) is 15.8. The van der Waals surface area contributed by atoms with Crippen LogP contribution in [0.5, 0.6) is 0 Å². The van der Waals surface area contributed by atoms with Gasteiger partial charge in [-0.15, -0.1) is 0 Å². The predicted molar refractivity (Wildman–Crippen MR) is 86.1 cm³/mol. The largest absolute Gasteiger partial charge is 0.370 e. The van der Waals surface area contributed by atoms with Gasteiger partial charge in [-0.3, -0.25) is 9.48 Å². The van der Waals surface area contributed by atoms with Gasteiger partial charge >= 0.3 is 0 Å². The van der Waals surface area contributed by atoms with E-state index < -0.39 is 0 Å². The number of aryl methyl sites for hydroxylation is 1. The Morgan fingerprint density at radius 2 is 2.30 bits per heavy atom. The summed E-state index contributed by atoms with van der Waals surface area (Å²) in [4.78, 5) is 15.8. The number of aromatic nitrogens is 3. The number of hydrogen-bond donors (Lipinski definition) is 2. The van der Waals surface area contributed by atoms with Crippen LogP contribution in [-0.2, 0) is 11.8 Å². The van der Waals surface area contributed by atoms with Gasteiger partial charge in [-0.25, -0.2) is 0 Å². The highest BCUT2D eigenvalue weighted by atomic mass is 16.5. The van der Waals surface area contributed by atoms with Crippen LogP contribution in [0.25, 0.3) is 10.9 Å². The Labute approximate surface area is 133 Å². The third-order valence-corrected chi connectivity index (χ3v) is 4.40. The fourth-order valence-corrected chi connectivity index (χ4v) is 3.22. The lowest BCUT2D eigenvalue weighted by Crippen LogP contribution is -2.37. The fraction of sp³-hybridized carbons (Fsp3) is 0.294. The third kappa shape index (κ3) is 2.41. The summed E-state index contributed by atoms with van der Waals surface area (Å²) in [5, 5.41) is 8.24. The second-order valence-electron chi connectivity index (χ2n) is 5.78. The summed E-state index contributed by atoms with van der Waals surface area (Å²) in [6.45, 7) is 0.634. The molecule has 0 radical (unpaired) electrons. The first-order valence-electron chi connectivity index (χ1n) is 7.70. The molecule has 1 amide bonds. The molecule has 1 aliphatic heterocycles. The number of H-pyrrole nitrogens is 1. The standard InChI is InChI=1S/C17H18N4O2/c1-21-15(6-9-19-21)16-14(7-10-23-16)20-17(22)12-3-2-4-13-11(12)5-8-18-13/h2-6,8-9,14,16,18H,7,10H2,1H3,(H,20,22)/t14-,16-/m0/s1. The molecule has 118 valence electrons. The number of aromatic amines is 1. The number of rotatable bonds is 3. The molecule has 2 aromatic heterocycles. The number of ether oxygens (including phenoxy) is 1. The molecule has 1 aliphatic rings. The number of benzene rings is 1. The maximum absolute atomic E-state index is 12.7. The molecule has 0 spiro atoms. The van der Waals surface area contributed by atoms with E-state index in [-0.39, 0.29) is 18.1 Å². The van der Waals surface area contributed by atoms with Gasteiger partial charge in [-0.2, -0.15) is 5.10 Å². The molecule has 1 saturated heterocycles. The second kappa shape index (κ2) is 5.55. The van der Waals surface area contributed by atoms with Crippen LogP contribution in [0.15, 0.2) is 42.7 Å². The van der Waals surface area contributed by atoms with Gasteiger partial charge in [0.2, 0.25) is 0 Å². The minimum Gasteiger partial charge on any atom is -0.370 e. The van der Waals surface area contributed by atoms with Crippen LogP contribution in [-0.4, -0.2) is 33.3 Å². The molecular formula is C17H18N4O2. The quantitative estimate of drug-likeness (QED) is 0.778. The molecule has 1 fully saturated rings. The number of hydrogen-bond acceptors (Lipinski definition) is 3. The zero-order valence-corrected chi connectivity index (χ0v) is 12.8. The minimum absolute atomic E-state index is 0.0490. The molecule has 23 heavy (non-hydrogen) atoms. The van der Waals surface area contributed by atoms with Gasteiger partial charge in [-0.1, -0.05) is 6.07 Å². The van der Waals surface area contributed by atoms with Crippen molar-refractivity contribution < 1.29 is 9.53 Å². The molecule has 4 rings (SSSR count). The Kier molecular flexibility index (Phi) is 3.38. The number of amides is 1. The first kappa shape index (κ1) is 14.0. The summed E-state index contributed by atoms with van der Waals surface area (Å²) in [6, 6.07) is 9.50. The van der Waals surface area contributed by atoms with Crippen LogP contribution in [0, 0.1) is 0 Å². The summed E-state index contributed by atoms with van der Waals surface area (Å²) >= 11 is 0. The topological polar surface area (TPSA) is 71.9 Å². The zero-order valence-electron chi connectivity index (χ0n) is 12.8. The lowest BCUT2D eigenvalue weighted by Gasteiger charge is -2.20. The van der Waals surface area contributed by atoms with E-state index in [2.05, 4.69) is 15.4 Å². The average Bonchev–Trinajstić information content (AvgIpc) is 3.26. The van der Waals surface area contributed by atoms with Gasteiger partial charge in [-0.05, 0) is 30.7 Å². The van der Waals surface area contributed by atoms with Gasteiger partial charge in [0, 0.05) is 42.5 Å². The molecular weight excluding hydrogens is 292 g/mol. The van der Waals surface area contributed by atoms with Crippen LogP contribution in [0.1, 0.15) is 28.6 Å². The van der Waals surface area contributed by atoms with E-state index in [0.717, 1.165) is 23.0 Å². The van der Waals surface area contributed by atoms with Crippen molar-refractivity contribution in [2.24, 2.45) is 7.05 Å². The van der Waals surface area contributed by atoms with Crippen molar-refractivity contribution in [2.45, 2.75) is 18.6 Å². The van der Waals surface area contributed by atoms with Crippen molar-refractivity contribution in [2.75, 3.05) is 6.61 Å². The van der Waals surface area contributed by atoms with Crippen LogP contribution in [0.4, 0.5) is 0 Å². The Bertz CT molecular complexity index is 851. The fourth-order valence-electron chi connectivity index (χ4n) is 3.22. The number of nitrogens with zero attached hydrogens (tertiary/aromatic N) is 2. The molecule has 0 bridgehead atoms. The first-order valence-corrected chi connectivity index (χ1v) is 7.70. The van der Waals surface area contributed by atoms with E-state index in [1.54, 1.807) is 10.9 Å². The number of nitrogens with one attached hydrogen (secondary N) is 2. The van der Waals surface area contributed by atoms with Crippen LogP contribution in [0.2, 0.25) is 0 Å². The van der Waals surface area contributed by atoms with E-state index >= 15 is 0 Å². The van der Waals surface area contributed by atoms with E-state index in [4.69, 9.17) is 4.74 Å². The van der Waals surface area contributed by atoms with Gasteiger partial charge in [0.1, 0.15) is 6.10 Å². The van der Waals surface area contributed by atoms with Gasteiger partial charge in [0.15, 0.2) is 0 Å². The Hall–Kier alpha value is -2.60. The lowest BCUT2D eigenvalue weighted by atomic mass is 10.1. The molecule has 3 heterocycles. The van der Waals surface area contributed by atoms with Crippen LogP contribution >= 0.6 is 0 Å². The van der Waals surface area contributed by atoms with E-state index in [1.807, 2.05) is 43.6 Å². The van der Waals surface area contributed by atoms with Crippen molar-refractivity contribution in [3.63, 3.8) is 0 Å². The minimum atomic E-state index is -0.156. The monoisotopic (exact) mass is 310 g/mol. The van der Waals surface area contributed by atoms with E-state index in [1.165, 1.54) is 0 Å². The summed E-state index contributed by atoms with van der Waals surface area (Å²) in [6.07, 6.45) is 4.23. The summed E-state index contributed by atoms with van der Waals surface area (Å²) in [5.41, 5.74) is 2.62. The van der Waals surface area contributed by atoms with Crippen molar-refractivity contribution in [1.29, 1.82) is 0 Å². The van der Waals surface area contributed by atoms with Gasteiger partial charge in [0.25, 0.3) is 5.91 Å². The Morgan fingerprint density at radius 1 is 1.39 bits per heavy atom. The molecule has 3 aromatic rings. The maximum Gasteiger partial charge on any atom is 0.252 e. The predicted octanol–water partition coefficient (Wildman–Crippen LogP) is 2.16. The Balaban J connectivity index is 1.59. The number of carbonyl (C=O) groups is 1. The van der Waals surface area contributed by atoms with Crippen molar-refractivity contribution in [3.05, 3.63) is 54.0 Å². The number of fused-ring (bicyclic) bond motifs is 1. The molecule has 0 aliphatic carbocycles. The summed E-state index contributed by atoms with van der Waals surface area (Å²) in [5.74, 6) is -0.0714. The highest BCUT2D eigenvalue weighted by Gasteiger charge is 2.33. The molecule has 1 aromatic carbocycles. The van der Waals surface area contributed by atoms with Crippen LogP contribution in [0.3, 0.4) is 0 Å². The maximum atomic E-state index is 12.7. The number of carbonyl (C=O) groups excluding carboxylic acids is 1. The van der Waals surface area contributed by atoms with Gasteiger partial charge in [0.05, 0.1) is 11.7 Å². The van der Waals surface area contributed by atoms with Crippen molar-refractivity contribution in [1.82, 2.24) is 20.1 Å². The molecule has 6 nitrogen and oxygen atoms in total. The van der Waals surface area contributed by atoms with E-state index in [0.29, 0.717) is 12.2 Å². The molecule has 0 unspecified atom stereocenters. The summed E-state index contributed by atoms with van der Waals surface area (Å²) < 4.78 is 7.61. The smallest absolute Gasteiger partial charge is 0.252 e. The average molecular weight is 310 g/mol. The molecule has 0 saturated carbocycles. The Morgan fingerprint density at radius 3 is 3.13 bits per heavy atom. The SMILES string of the molecule is Cn1nccc1[C@H]1OCC[C@@H]1NC(=O)c1cccc2[nH]ccc12. The lowest BCUT2D eigenvalue weighted by molar-refractivity contribution is 0.0793. The van der Waals surface area contributed by atoms with E-state index in [9.17, 15) is 4.79 Å². The molecule has 2 N–H and O–H groups in total. The second-order valence-corrected chi connectivity index (χ2v) is 5.78. The highest BCUT2D eigenvalue weighted by molar-refractivity contribution is 6.06. The van der Waals surface area contributed by atoms with Crippen LogP contribution < -0.4 is 5.32 Å². The molecule has 2 atom stereocenters. The molecule has 6 heteroatoms. The van der Waals surface area contributed by atoms with Crippen molar-refractivity contribution in [3.8, 4) is 0 Å². The third-order valence-electron chi connectivity index (χ3n) is 4.40. The highest BCUT2D eigenvalue weighted by Crippen LogP contribution is 2.29. The normalized spacial score (nSPS) is 20.9. The van der Waals surface area contributed by atoms with Crippen molar-refractivity contribution >= 4 is 16.8 Å². The first-order chi connectivity index (χ1) is 11.2.